The Morgan fingerprint density at radius 2 is 1.65 bits per heavy atom. The third kappa shape index (κ3) is 1.53. The second-order valence-corrected chi connectivity index (χ2v) is 4.30. The quantitative estimate of drug-likeness (QED) is 0.614. The molecule has 0 atom stereocenters. The Labute approximate surface area is 101 Å². The number of aromatic nitrogens is 2. The monoisotopic (exact) mass is 222 g/mol. The normalized spacial score (nSPS) is 10.9. The zero-order valence-corrected chi connectivity index (χ0v) is 10.0. The van der Waals surface area contributed by atoms with E-state index in [1.165, 1.54) is 16.6 Å². The lowest BCUT2D eigenvalue weighted by Crippen LogP contribution is -1.97. The smallest absolute Gasteiger partial charge is 0.0959 e. The van der Waals surface area contributed by atoms with Crippen LogP contribution in [0.5, 0.6) is 0 Å². The fraction of sp³-hybridized carbons (Fsp3) is 0.133. The van der Waals surface area contributed by atoms with Crippen LogP contribution in [-0.2, 0) is 0 Å². The van der Waals surface area contributed by atoms with Crippen LogP contribution in [-0.4, -0.2) is 9.78 Å². The van der Waals surface area contributed by atoms with Gasteiger partial charge in [0.05, 0.1) is 11.2 Å². The maximum absolute atomic E-state index is 4.70. The summed E-state index contributed by atoms with van der Waals surface area (Å²) in [6, 6.07) is 16.6. The van der Waals surface area contributed by atoms with Gasteiger partial charge in [-0.2, -0.15) is 5.10 Å². The summed E-state index contributed by atoms with van der Waals surface area (Å²) < 4.78 is 2.01. The Morgan fingerprint density at radius 1 is 0.882 bits per heavy atom. The lowest BCUT2D eigenvalue weighted by atomic mass is 10.1. The molecular weight excluding hydrogens is 208 g/mol. The van der Waals surface area contributed by atoms with E-state index in [0.29, 0.717) is 0 Å². The molecule has 0 aliphatic rings. The Balaban J connectivity index is 2.32. The first-order valence-electron chi connectivity index (χ1n) is 5.78. The molecule has 0 bridgehead atoms. The molecule has 0 N–H and O–H groups in total. The predicted molar refractivity (Wildman–Crippen MR) is 70.5 cm³/mol. The van der Waals surface area contributed by atoms with Gasteiger partial charge < -0.3 is 0 Å². The highest BCUT2D eigenvalue weighted by molar-refractivity contribution is 5.84. The van der Waals surface area contributed by atoms with Gasteiger partial charge in [-0.15, -0.1) is 0 Å². The number of rotatable bonds is 1. The molecule has 0 fully saturated rings. The maximum Gasteiger partial charge on any atom is 0.0959 e. The molecule has 0 saturated heterocycles. The Kier molecular flexibility index (Phi) is 2.22. The molecule has 2 heteroatoms. The summed E-state index contributed by atoms with van der Waals surface area (Å²) in [4.78, 5) is 0. The van der Waals surface area contributed by atoms with Crippen molar-refractivity contribution in [2.24, 2.45) is 0 Å². The van der Waals surface area contributed by atoms with E-state index in [1.54, 1.807) is 0 Å². The standard InChI is InChI=1S/C15H14N2/c1-11-7-6-10-14-12(2)17(16-15(11)14)13-8-4-3-5-9-13/h3-10H,1-2H3. The van der Waals surface area contributed by atoms with Crippen LogP contribution in [0.15, 0.2) is 48.5 Å². The molecule has 3 aromatic rings. The van der Waals surface area contributed by atoms with Crippen molar-refractivity contribution in [2.75, 3.05) is 0 Å². The van der Waals surface area contributed by atoms with E-state index in [1.807, 2.05) is 22.9 Å². The van der Waals surface area contributed by atoms with Gasteiger partial charge in [0, 0.05) is 11.1 Å². The van der Waals surface area contributed by atoms with Gasteiger partial charge in [0.25, 0.3) is 0 Å². The van der Waals surface area contributed by atoms with E-state index in [9.17, 15) is 0 Å². The van der Waals surface area contributed by atoms with E-state index >= 15 is 0 Å². The first-order valence-corrected chi connectivity index (χ1v) is 5.78. The Bertz CT molecular complexity index is 666. The summed E-state index contributed by atoms with van der Waals surface area (Å²) in [5.41, 5.74) is 4.62. The van der Waals surface area contributed by atoms with Crippen molar-refractivity contribution in [3.05, 3.63) is 59.8 Å². The van der Waals surface area contributed by atoms with E-state index in [-0.39, 0.29) is 0 Å². The summed E-state index contributed by atoms with van der Waals surface area (Å²) in [5.74, 6) is 0. The highest BCUT2D eigenvalue weighted by atomic mass is 15.3. The number of aryl methyl sites for hydroxylation is 2. The van der Waals surface area contributed by atoms with Crippen molar-refractivity contribution in [2.45, 2.75) is 13.8 Å². The molecule has 2 nitrogen and oxygen atoms in total. The highest BCUT2D eigenvalue weighted by Crippen LogP contribution is 2.23. The van der Waals surface area contributed by atoms with Gasteiger partial charge in [-0.3, -0.25) is 0 Å². The van der Waals surface area contributed by atoms with Crippen molar-refractivity contribution < 1.29 is 0 Å². The fourth-order valence-electron chi connectivity index (χ4n) is 2.19. The molecule has 0 aliphatic heterocycles. The topological polar surface area (TPSA) is 17.8 Å². The zero-order valence-electron chi connectivity index (χ0n) is 10.0. The highest BCUT2D eigenvalue weighted by Gasteiger charge is 2.09. The second kappa shape index (κ2) is 3.74. The van der Waals surface area contributed by atoms with Gasteiger partial charge in [-0.25, -0.2) is 4.68 Å². The van der Waals surface area contributed by atoms with Crippen LogP contribution in [0.2, 0.25) is 0 Å². The van der Waals surface area contributed by atoms with Gasteiger partial charge in [0.15, 0.2) is 0 Å². The van der Waals surface area contributed by atoms with Gasteiger partial charge in [-0.1, -0.05) is 36.4 Å². The minimum atomic E-state index is 1.09. The number of nitrogens with zero attached hydrogens (tertiary/aromatic N) is 2. The molecule has 3 rings (SSSR count). The summed E-state index contributed by atoms with van der Waals surface area (Å²) in [7, 11) is 0. The number of fused-ring (bicyclic) bond motifs is 1. The van der Waals surface area contributed by atoms with E-state index < -0.39 is 0 Å². The molecule has 0 spiro atoms. The molecule has 0 unspecified atom stereocenters. The summed E-state index contributed by atoms with van der Waals surface area (Å²) in [6.07, 6.45) is 0. The Hall–Kier alpha value is -2.09. The van der Waals surface area contributed by atoms with Crippen LogP contribution >= 0.6 is 0 Å². The molecule has 1 aromatic heterocycles. The first-order chi connectivity index (χ1) is 8.27. The minimum Gasteiger partial charge on any atom is -0.237 e. The second-order valence-electron chi connectivity index (χ2n) is 4.30. The van der Waals surface area contributed by atoms with Crippen molar-refractivity contribution in [3.63, 3.8) is 0 Å². The van der Waals surface area contributed by atoms with Gasteiger partial charge in [-0.05, 0) is 31.5 Å². The van der Waals surface area contributed by atoms with Gasteiger partial charge >= 0.3 is 0 Å². The first kappa shape index (κ1) is 10.1. The van der Waals surface area contributed by atoms with Crippen molar-refractivity contribution in [1.82, 2.24) is 9.78 Å². The fourth-order valence-corrected chi connectivity index (χ4v) is 2.19. The maximum atomic E-state index is 4.70. The van der Waals surface area contributed by atoms with E-state index in [0.717, 1.165) is 11.2 Å². The van der Waals surface area contributed by atoms with Crippen LogP contribution in [0.25, 0.3) is 16.6 Å². The average Bonchev–Trinajstić information content (AvgIpc) is 2.70. The van der Waals surface area contributed by atoms with Crippen molar-refractivity contribution in [1.29, 1.82) is 0 Å². The van der Waals surface area contributed by atoms with E-state index in [4.69, 9.17) is 5.10 Å². The minimum absolute atomic E-state index is 1.09. The van der Waals surface area contributed by atoms with Gasteiger partial charge in [0.2, 0.25) is 0 Å². The molecule has 1 heterocycles. The molecule has 0 saturated carbocycles. The van der Waals surface area contributed by atoms with Crippen LogP contribution < -0.4 is 0 Å². The van der Waals surface area contributed by atoms with Crippen LogP contribution in [0.1, 0.15) is 11.3 Å². The van der Waals surface area contributed by atoms with Crippen molar-refractivity contribution in [3.8, 4) is 5.69 Å². The number of hydrogen-bond donors (Lipinski definition) is 0. The lowest BCUT2D eigenvalue weighted by Gasteiger charge is -2.02. The summed E-state index contributed by atoms with van der Waals surface area (Å²) in [6.45, 7) is 4.21. The summed E-state index contributed by atoms with van der Waals surface area (Å²) in [5, 5.41) is 5.93. The summed E-state index contributed by atoms with van der Waals surface area (Å²) >= 11 is 0. The third-order valence-electron chi connectivity index (χ3n) is 3.15. The SMILES string of the molecule is Cc1cccc2c(C)n(-c3ccccc3)nc12. The van der Waals surface area contributed by atoms with Crippen LogP contribution in [0.4, 0.5) is 0 Å². The predicted octanol–water partition coefficient (Wildman–Crippen LogP) is 3.64. The molecule has 84 valence electrons. The lowest BCUT2D eigenvalue weighted by molar-refractivity contribution is 0.860. The Morgan fingerprint density at radius 3 is 2.35 bits per heavy atom. The largest absolute Gasteiger partial charge is 0.237 e. The number of benzene rings is 2. The molecule has 17 heavy (non-hydrogen) atoms. The van der Waals surface area contributed by atoms with E-state index in [2.05, 4.69) is 44.2 Å². The number of para-hydroxylation sites is 1. The number of hydrogen-bond acceptors (Lipinski definition) is 1. The molecule has 0 radical (unpaired) electrons. The molecule has 2 aromatic carbocycles. The third-order valence-corrected chi connectivity index (χ3v) is 3.15. The van der Waals surface area contributed by atoms with Crippen molar-refractivity contribution >= 4 is 10.9 Å². The average molecular weight is 222 g/mol. The van der Waals surface area contributed by atoms with Gasteiger partial charge in [0.1, 0.15) is 0 Å². The molecular formula is C15H14N2. The molecule has 0 aliphatic carbocycles. The molecule has 0 amide bonds. The van der Waals surface area contributed by atoms with Crippen LogP contribution in [0, 0.1) is 13.8 Å². The van der Waals surface area contributed by atoms with Crippen LogP contribution in [0.3, 0.4) is 0 Å². The zero-order chi connectivity index (χ0) is 11.8.